The highest BCUT2D eigenvalue weighted by Gasteiger charge is 2.28. The van der Waals surface area contributed by atoms with E-state index in [1.54, 1.807) is 15.9 Å². The highest BCUT2D eigenvalue weighted by Crippen LogP contribution is 2.36. The topological polar surface area (TPSA) is 73.2 Å². The van der Waals surface area contributed by atoms with Crippen LogP contribution in [-0.4, -0.2) is 27.3 Å². The normalized spacial score (nSPS) is 15.2. The number of fused-ring (bicyclic) bond motifs is 3. The quantitative estimate of drug-likeness (QED) is 0.236. The smallest absolute Gasteiger partial charge is 0.263 e. The van der Waals surface area contributed by atoms with Crippen LogP contribution in [0.1, 0.15) is 35.4 Å². The molecule has 2 aromatic carbocycles. The van der Waals surface area contributed by atoms with Crippen LogP contribution in [0.4, 0.5) is 0 Å². The summed E-state index contributed by atoms with van der Waals surface area (Å²) in [5.41, 5.74) is 3.28. The van der Waals surface area contributed by atoms with Gasteiger partial charge in [0.2, 0.25) is 5.91 Å². The first-order chi connectivity index (χ1) is 18.0. The fourth-order valence-electron chi connectivity index (χ4n) is 4.54. The van der Waals surface area contributed by atoms with E-state index in [4.69, 9.17) is 9.72 Å². The summed E-state index contributed by atoms with van der Waals surface area (Å²) in [5.74, 6) is 0.483. The van der Waals surface area contributed by atoms with Crippen molar-refractivity contribution in [3.05, 3.63) is 92.6 Å². The number of carbonyl (C=O) groups is 1. The Kier molecular flexibility index (Phi) is 8.08. The minimum Gasteiger partial charge on any atom is -0.372 e. The Hall–Kier alpha value is -2.94. The van der Waals surface area contributed by atoms with Gasteiger partial charge in [-0.2, -0.15) is 0 Å². The summed E-state index contributed by atoms with van der Waals surface area (Å²) >= 11 is 2.86. The van der Waals surface area contributed by atoms with Crippen LogP contribution >= 0.6 is 23.1 Å². The van der Waals surface area contributed by atoms with Crippen LogP contribution < -0.4 is 10.9 Å². The molecule has 0 unspecified atom stereocenters. The van der Waals surface area contributed by atoms with Crippen LogP contribution in [0.2, 0.25) is 0 Å². The third kappa shape index (κ3) is 5.98. The molecule has 3 heterocycles. The van der Waals surface area contributed by atoms with Gasteiger partial charge in [0.05, 0.1) is 23.8 Å². The Morgan fingerprint density at radius 3 is 2.54 bits per heavy atom. The van der Waals surface area contributed by atoms with Crippen LogP contribution in [0.25, 0.3) is 10.2 Å². The van der Waals surface area contributed by atoms with Gasteiger partial charge < -0.3 is 10.1 Å². The number of benzene rings is 2. The number of hydrogen-bond acceptors (Lipinski definition) is 6. The lowest BCUT2D eigenvalue weighted by molar-refractivity contribution is -0.118. The highest BCUT2D eigenvalue weighted by molar-refractivity contribution is 7.99. The van der Waals surface area contributed by atoms with Gasteiger partial charge in [0, 0.05) is 24.4 Å². The van der Waals surface area contributed by atoms with Crippen molar-refractivity contribution in [2.24, 2.45) is 5.92 Å². The van der Waals surface area contributed by atoms with Crippen LogP contribution in [0.15, 0.2) is 70.6 Å². The van der Waals surface area contributed by atoms with E-state index in [0.29, 0.717) is 37.2 Å². The molecule has 1 atom stereocenters. The number of thioether (sulfide) groups is 1. The molecule has 6 nitrogen and oxygen atoms in total. The molecule has 0 radical (unpaired) electrons. The second-order valence-corrected chi connectivity index (χ2v) is 11.6. The molecular weight excluding hydrogens is 502 g/mol. The summed E-state index contributed by atoms with van der Waals surface area (Å²) in [6.45, 7) is 5.81. The summed E-state index contributed by atoms with van der Waals surface area (Å²) in [5, 5.41) is 4.27. The van der Waals surface area contributed by atoms with Crippen molar-refractivity contribution in [2.75, 3.05) is 5.75 Å². The monoisotopic (exact) mass is 533 g/mol. The molecule has 0 aliphatic carbocycles. The van der Waals surface area contributed by atoms with Crippen molar-refractivity contribution < 1.29 is 9.53 Å². The van der Waals surface area contributed by atoms with Gasteiger partial charge in [-0.15, -0.1) is 11.3 Å². The summed E-state index contributed by atoms with van der Waals surface area (Å²) < 4.78 is 7.82. The molecule has 2 aromatic heterocycles. The first-order valence-corrected chi connectivity index (χ1v) is 14.4. The molecule has 5 rings (SSSR count). The van der Waals surface area contributed by atoms with E-state index in [1.165, 1.54) is 11.8 Å². The maximum atomic E-state index is 13.9. The van der Waals surface area contributed by atoms with Gasteiger partial charge in [0.1, 0.15) is 4.83 Å². The van der Waals surface area contributed by atoms with Gasteiger partial charge in [-0.25, -0.2) is 4.98 Å². The van der Waals surface area contributed by atoms with Crippen molar-refractivity contribution in [2.45, 2.75) is 57.6 Å². The van der Waals surface area contributed by atoms with Crippen LogP contribution in [0.5, 0.6) is 0 Å². The van der Waals surface area contributed by atoms with Crippen LogP contribution in [-0.2, 0) is 42.1 Å². The van der Waals surface area contributed by atoms with E-state index >= 15 is 0 Å². The lowest BCUT2D eigenvalue weighted by Crippen LogP contribution is -2.29. The molecule has 0 bridgehead atoms. The van der Waals surface area contributed by atoms with Crippen molar-refractivity contribution in [1.82, 2.24) is 14.9 Å². The summed E-state index contributed by atoms with van der Waals surface area (Å²) in [6, 6.07) is 20.0. The maximum absolute atomic E-state index is 13.9. The second kappa shape index (κ2) is 11.6. The molecule has 192 valence electrons. The zero-order chi connectivity index (χ0) is 25.8. The Bertz CT molecular complexity index is 1430. The van der Waals surface area contributed by atoms with Gasteiger partial charge in [-0.3, -0.25) is 14.2 Å². The molecule has 1 aliphatic rings. The molecule has 8 heteroatoms. The van der Waals surface area contributed by atoms with Gasteiger partial charge >= 0.3 is 0 Å². The maximum Gasteiger partial charge on any atom is 0.263 e. The SMILES string of the molecule is CC(C)[C@@H]1Cc2c(sc3nc(SCC(=O)NCc4ccccc4)n(CCc4ccccc4)c(=O)c23)CO1. The van der Waals surface area contributed by atoms with E-state index in [-0.39, 0.29) is 23.3 Å². The lowest BCUT2D eigenvalue weighted by Gasteiger charge is -2.26. The summed E-state index contributed by atoms with van der Waals surface area (Å²) in [4.78, 5) is 33.3. The Morgan fingerprint density at radius 2 is 1.84 bits per heavy atom. The molecule has 4 aromatic rings. The standard InChI is InChI=1S/C29H31N3O3S2/c1-19(2)23-15-22-24(17-35-23)37-27-26(22)28(34)32(14-13-20-9-5-3-6-10-20)29(31-27)36-18-25(33)30-16-21-11-7-4-8-12-21/h3-12,19,23H,13-18H2,1-2H3,(H,30,33)/t23-/m0/s1. The molecule has 0 spiro atoms. The average Bonchev–Trinajstić information content (AvgIpc) is 3.29. The number of nitrogens with zero attached hydrogens (tertiary/aromatic N) is 2. The van der Waals surface area contributed by atoms with E-state index in [1.807, 2.05) is 48.5 Å². The largest absolute Gasteiger partial charge is 0.372 e. The van der Waals surface area contributed by atoms with Crippen molar-refractivity contribution in [1.29, 1.82) is 0 Å². The second-order valence-electron chi connectivity index (χ2n) is 9.62. The fourth-order valence-corrected chi connectivity index (χ4v) is 6.56. The van der Waals surface area contributed by atoms with Crippen LogP contribution in [0.3, 0.4) is 0 Å². The zero-order valence-electron chi connectivity index (χ0n) is 21.1. The molecule has 0 fully saturated rings. The predicted molar refractivity (Wildman–Crippen MR) is 150 cm³/mol. The van der Waals surface area contributed by atoms with Crippen molar-refractivity contribution in [3.8, 4) is 0 Å². The molecule has 37 heavy (non-hydrogen) atoms. The van der Waals surface area contributed by atoms with E-state index in [9.17, 15) is 9.59 Å². The average molecular weight is 534 g/mol. The molecule has 1 N–H and O–H groups in total. The number of aromatic nitrogens is 2. The first kappa shape index (κ1) is 25.7. The number of rotatable bonds is 9. The number of aryl methyl sites for hydroxylation is 1. The number of thiophene rings is 1. The van der Waals surface area contributed by atoms with Crippen molar-refractivity contribution in [3.63, 3.8) is 0 Å². The van der Waals surface area contributed by atoms with E-state index in [0.717, 1.165) is 38.2 Å². The Balaban J connectivity index is 1.41. The molecular formula is C29H31N3O3S2. The predicted octanol–water partition coefficient (Wildman–Crippen LogP) is 5.21. The molecule has 1 amide bonds. The number of nitrogens with one attached hydrogen (secondary N) is 1. The van der Waals surface area contributed by atoms with E-state index < -0.39 is 0 Å². The van der Waals surface area contributed by atoms with Crippen molar-refractivity contribution >= 4 is 39.2 Å². The Morgan fingerprint density at radius 1 is 1.14 bits per heavy atom. The minimum atomic E-state index is -0.0866. The third-order valence-corrected chi connectivity index (χ3v) is 8.74. The number of ether oxygens (including phenoxy) is 1. The minimum absolute atomic E-state index is 0.0185. The Labute approximate surface area is 225 Å². The van der Waals surface area contributed by atoms with E-state index in [2.05, 4.69) is 31.3 Å². The number of amides is 1. The first-order valence-electron chi connectivity index (χ1n) is 12.6. The summed E-state index contributed by atoms with van der Waals surface area (Å²) in [7, 11) is 0. The molecule has 0 saturated heterocycles. The van der Waals surface area contributed by atoms with Gasteiger partial charge in [0.15, 0.2) is 5.16 Å². The molecule has 1 aliphatic heterocycles. The molecule has 0 saturated carbocycles. The highest BCUT2D eigenvalue weighted by atomic mass is 32.2. The van der Waals surface area contributed by atoms with Crippen LogP contribution in [0, 0.1) is 5.92 Å². The third-order valence-electron chi connectivity index (χ3n) is 6.67. The lowest BCUT2D eigenvalue weighted by atomic mass is 9.96. The zero-order valence-corrected chi connectivity index (χ0v) is 22.7. The fraction of sp³-hybridized carbons (Fsp3) is 0.345. The van der Waals surface area contributed by atoms with Gasteiger partial charge in [-0.1, -0.05) is 86.3 Å². The number of carbonyl (C=O) groups excluding carboxylic acids is 1. The van der Waals surface area contributed by atoms with Gasteiger partial charge in [0.25, 0.3) is 5.56 Å². The summed E-state index contributed by atoms with van der Waals surface area (Å²) in [6.07, 6.45) is 1.55. The number of hydrogen-bond donors (Lipinski definition) is 1. The van der Waals surface area contributed by atoms with Gasteiger partial charge in [-0.05, 0) is 29.0 Å².